The Labute approximate surface area is 193 Å². The maximum absolute atomic E-state index is 12.7. The van der Waals surface area contributed by atoms with Crippen LogP contribution in [0.4, 0.5) is 4.79 Å². The number of alkyl carbamates (subject to hydrolysis) is 1. The number of hydrogen-bond donors (Lipinski definition) is 3. The summed E-state index contributed by atoms with van der Waals surface area (Å²) in [5.74, 6) is -1.55. The summed E-state index contributed by atoms with van der Waals surface area (Å²) in [4.78, 5) is 36.4. The predicted molar refractivity (Wildman–Crippen MR) is 124 cm³/mol. The van der Waals surface area contributed by atoms with E-state index in [0.29, 0.717) is 19.3 Å². The van der Waals surface area contributed by atoms with Gasteiger partial charge in [-0.15, -0.1) is 0 Å². The highest BCUT2D eigenvalue weighted by Gasteiger charge is 2.36. The summed E-state index contributed by atoms with van der Waals surface area (Å²) >= 11 is 0. The van der Waals surface area contributed by atoms with E-state index < -0.39 is 18.1 Å². The third kappa shape index (κ3) is 5.02. The molecule has 1 fully saturated rings. The molecular formula is C26H30N2O5. The van der Waals surface area contributed by atoms with Crippen LogP contribution in [-0.4, -0.2) is 41.8 Å². The lowest BCUT2D eigenvalue weighted by Gasteiger charge is -2.23. The third-order valence-electron chi connectivity index (χ3n) is 6.76. The molecule has 3 N–H and O–H groups in total. The molecule has 0 spiro atoms. The third-order valence-corrected chi connectivity index (χ3v) is 6.76. The van der Waals surface area contributed by atoms with E-state index in [4.69, 9.17) is 9.84 Å². The van der Waals surface area contributed by atoms with Crippen LogP contribution in [0.1, 0.15) is 56.1 Å². The molecular weight excluding hydrogens is 420 g/mol. The van der Waals surface area contributed by atoms with Crippen molar-refractivity contribution >= 4 is 18.0 Å². The highest BCUT2D eigenvalue weighted by molar-refractivity contribution is 5.82. The summed E-state index contributed by atoms with van der Waals surface area (Å²) in [5, 5.41) is 14.7. The van der Waals surface area contributed by atoms with E-state index in [-0.39, 0.29) is 36.8 Å². The number of benzene rings is 2. The number of rotatable bonds is 8. The molecule has 0 heterocycles. The normalized spacial score (nSPS) is 19.9. The van der Waals surface area contributed by atoms with E-state index >= 15 is 0 Å². The van der Waals surface area contributed by atoms with Crippen LogP contribution in [0, 0.1) is 5.92 Å². The summed E-state index contributed by atoms with van der Waals surface area (Å²) in [5.41, 5.74) is 4.63. The van der Waals surface area contributed by atoms with Crippen molar-refractivity contribution in [3.05, 3.63) is 59.7 Å². The van der Waals surface area contributed by atoms with Gasteiger partial charge in [0.2, 0.25) is 5.91 Å². The summed E-state index contributed by atoms with van der Waals surface area (Å²) in [6.45, 7) is 2.06. The zero-order chi connectivity index (χ0) is 23.4. The van der Waals surface area contributed by atoms with E-state index in [1.54, 1.807) is 0 Å². The van der Waals surface area contributed by atoms with Crippen molar-refractivity contribution < 1.29 is 24.2 Å². The molecule has 33 heavy (non-hydrogen) atoms. The molecule has 7 heteroatoms. The molecule has 2 aliphatic carbocycles. The SMILES string of the molecule is CC[C@@H](CC(=O)O)NC(=O)[C@H]1CCC[C@H]1NC(=O)OCC1c2ccccc2-c2ccccc21. The molecule has 7 nitrogen and oxygen atoms in total. The van der Waals surface area contributed by atoms with Gasteiger partial charge in [0.1, 0.15) is 6.61 Å². The van der Waals surface area contributed by atoms with Crippen LogP contribution in [0.3, 0.4) is 0 Å². The van der Waals surface area contributed by atoms with Crippen molar-refractivity contribution in [3.8, 4) is 11.1 Å². The molecule has 4 rings (SSSR count). The topological polar surface area (TPSA) is 105 Å². The fraction of sp³-hybridized carbons (Fsp3) is 0.423. The number of amides is 2. The maximum Gasteiger partial charge on any atom is 0.407 e. The molecule has 2 aromatic rings. The second kappa shape index (κ2) is 10.1. The second-order valence-electron chi connectivity index (χ2n) is 8.83. The van der Waals surface area contributed by atoms with Gasteiger partial charge >= 0.3 is 12.1 Å². The van der Waals surface area contributed by atoms with Gasteiger partial charge in [-0.2, -0.15) is 0 Å². The van der Waals surface area contributed by atoms with Crippen LogP contribution in [0.25, 0.3) is 11.1 Å². The molecule has 174 valence electrons. The number of aliphatic carboxylic acids is 1. The first kappa shape index (κ1) is 22.8. The molecule has 0 unspecified atom stereocenters. The lowest BCUT2D eigenvalue weighted by atomic mass is 9.98. The molecule has 2 amide bonds. The van der Waals surface area contributed by atoms with E-state index in [1.807, 2.05) is 31.2 Å². The molecule has 3 atom stereocenters. The number of carboxylic acid groups (broad SMARTS) is 1. The fourth-order valence-corrected chi connectivity index (χ4v) is 5.05. The van der Waals surface area contributed by atoms with Gasteiger partial charge in [-0.25, -0.2) is 4.79 Å². The fourth-order valence-electron chi connectivity index (χ4n) is 5.05. The Morgan fingerprint density at radius 3 is 2.27 bits per heavy atom. The van der Waals surface area contributed by atoms with Crippen LogP contribution >= 0.6 is 0 Å². The first-order valence-electron chi connectivity index (χ1n) is 11.6. The van der Waals surface area contributed by atoms with Crippen molar-refractivity contribution in [2.24, 2.45) is 5.92 Å². The van der Waals surface area contributed by atoms with Crippen molar-refractivity contribution in [1.82, 2.24) is 10.6 Å². The summed E-state index contributed by atoms with van der Waals surface area (Å²) in [7, 11) is 0. The summed E-state index contributed by atoms with van der Waals surface area (Å²) in [6, 6.07) is 15.6. The number of ether oxygens (including phenoxy) is 1. The number of carboxylic acids is 1. The number of hydrogen-bond acceptors (Lipinski definition) is 4. The van der Waals surface area contributed by atoms with Crippen LogP contribution in [0.15, 0.2) is 48.5 Å². The Kier molecular flexibility index (Phi) is 6.96. The minimum Gasteiger partial charge on any atom is -0.481 e. The zero-order valence-corrected chi connectivity index (χ0v) is 18.8. The number of carbonyl (C=O) groups is 3. The van der Waals surface area contributed by atoms with Gasteiger partial charge in [0.25, 0.3) is 0 Å². The van der Waals surface area contributed by atoms with Gasteiger partial charge in [0, 0.05) is 18.0 Å². The molecule has 0 saturated heterocycles. The van der Waals surface area contributed by atoms with Gasteiger partial charge in [-0.1, -0.05) is 61.9 Å². The molecule has 1 saturated carbocycles. The van der Waals surface area contributed by atoms with Crippen molar-refractivity contribution in [1.29, 1.82) is 0 Å². The van der Waals surface area contributed by atoms with Crippen LogP contribution < -0.4 is 10.6 Å². The largest absolute Gasteiger partial charge is 0.481 e. The van der Waals surface area contributed by atoms with Crippen molar-refractivity contribution in [3.63, 3.8) is 0 Å². The molecule has 2 aliphatic rings. The lowest BCUT2D eigenvalue weighted by molar-refractivity contribution is -0.137. The summed E-state index contributed by atoms with van der Waals surface area (Å²) < 4.78 is 5.63. The van der Waals surface area contributed by atoms with E-state index in [2.05, 4.69) is 34.9 Å². The average molecular weight is 451 g/mol. The standard InChI is InChI=1S/C26H30N2O5/c1-2-16(14-24(29)30)27-25(31)21-12-7-13-23(21)28-26(32)33-15-22-19-10-5-3-8-17(19)18-9-4-6-11-20(18)22/h3-6,8-11,16,21-23H,2,7,12-15H2,1H3,(H,27,31)(H,28,32)(H,29,30)/t16-,21-,23+/m0/s1. The summed E-state index contributed by atoms with van der Waals surface area (Å²) in [6.07, 6.45) is 2.07. The molecule has 0 aliphatic heterocycles. The van der Waals surface area contributed by atoms with Gasteiger partial charge in [-0.05, 0) is 41.5 Å². The minimum absolute atomic E-state index is 0.0212. The quantitative estimate of drug-likeness (QED) is 0.563. The smallest absolute Gasteiger partial charge is 0.407 e. The number of fused-ring (bicyclic) bond motifs is 3. The first-order valence-corrected chi connectivity index (χ1v) is 11.6. The van der Waals surface area contributed by atoms with Crippen LogP contribution in [-0.2, 0) is 14.3 Å². The first-order chi connectivity index (χ1) is 16.0. The Morgan fingerprint density at radius 1 is 1.03 bits per heavy atom. The zero-order valence-electron chi connectivity index (χ0n) is 18.8. The van der Waals surface area contributed by atoms with Gasteiger partial charge in [-0.3, -0.25) is 9.59 Å². The second-order valence-corrected chi connectivity index (χ2v) is 8.83. The van der Waals surface area contributed by atoms with Crippen LogP contribution in [0.5, 0.6) is 0 Å². The average Bonchev–Trinajstić information content (AvgIpc) is 3.39. The Morgan fingerprint density at radius 2 is 1.67 bits per heavy atom. The van der Waals surface area contributed by atoms with Gasteiger partial charge < -0.3 is 20.5 Å². The number of nitrogens with one attached hydrogen (secondary N) is 2. The highest BCUT2D eigenvalue weighted by atomic mass is 16.5. The van der Waals surface area contributed by atoms with Crippen molar-refractivity contribution in [2.75, 3.05) is 6.61 Å². The Hall–Kier alpha value is -3.35. The van der Waals surface area contributed by atoms with Crippen LogP contribution in [0.2, 0.25) is 0 Å². The molecule has 2 aromatic carbocycles. The van der Waals surface area contributed by atoms with Gasteiger partial charge in [0.05, 0.1) is 12.3 Å². The lowest BCUT2D eigenvalue weighted by Crippen LogP contribution is -2.47. The molecule has 0 radical (unpaired) electrons. The predicted octanol–water partition coefficient (Wildman–Crippen LogP) is 4.06. The van der Waals surface area contributed by atoms with Gasteiger partial charge in [0.15, 0.2) is 0 Å². The van der Waals surface area contributed by atoms with E-state index in [9.17, 15) is 14.4 Å². The Balaban J connectivity index is 1.35. The highest BCUT2D eigenvalue weighted by Crippen LogP contribution is 2.44. The monoisotopic (exact) mass is 450 g/mol. The molecule has 0 bridgehead atoms. The number of carbonyl (C=O) groups excluding carboxylic acids is 2. The van der Waals surface area contributed by atoms with Crippen molar-refractivity contribution in [2.45, 2.75) is 57.0 Å². The van der Waals surface area contributed by atoms with E-state index in [0.717, 1.165) is 17.5 Å². The minimum atomic E-state index is -0.943. The van der Waals surface area contributed by atoms with E-state index in [1.165, 1.54) is 11.1 Å². The maximum atomic E-state index is 12.7. The Bertz CT molecular complexity index is 991. The molecule has 0 aromatic heterocycles.